The first-order chi connectivity index (χ1) is 9.00. The molecule has 1 aliphatic heterocycles. The first-order valence-electron chi connectivity index (χ1n) is 5.91. The van der Waals surface area contributed by atoms with Crippen molar-refractivity contribution in [3.05, 3.63) is 52.2 Å². The number of fused-ring (bicyclic) bond motifs is 1. The molecule has 1 aromatic rings. The van der Waals surface area contributed by atoms with Gasteiger partial charge in [0.1, 0.15) is 0 Å². The highest BCUT2D eigenvalue weighted by atomic mass is 16.6. The number of anilines is 1. The molecule has 6 heteroatoms. The Hall–Kier alpha value is -2.37. The molecule has 1 atom stereocenters. The predicted octanol–water partition coefficient (Wildman–Crippen LogP) is 1.89. The van der Waals surface area contributed by atoms with Gasteiger partial charge in [-0.25, -0.2) is 4.79 Å². The van der Waals surface area contributed by atoms with E-state index in [9.17, 15) is 14.9 Å². The average Bonchev–Trinajstić information content (AvgIpc) is 2.73. The maximum Gasteiger partial charge on any atom is 0.324 e. The summed E-state index contributed by atoms with van der Waals surface area (Å²) in [4.78, 5) is 25.2. The summed E-state index contributed by atoms with van der Waals surface area (Å²) in [6.45, 7) is 0. The third-order valence-corrected chi connectivity index (χ3v) is 3.03. The van der Waals surface area contributed by atoms with Crippen molar-refractivity contribution in [3.8, 4) is 0 Å². The molecule has 0 saturated carbocycles. The molecule has 2 amide bonds. The minimum Gasteiger partial charge on any atom is -0.330 e. The molecule has 100 valence electrons. The normalized spacial score (nSPS) is 17.6. The zero-order chi connectivity index (χ0) is 14.0. The minimum atomic E-state index is -0.513. The molecule has 0 N–H and O–H groups in total. The van der Waals surface area contributed by atoms with E-state index in [-0.39, 0.29) is 12.1 Å². The van der Waals surface area contributed by atoms with E-state index in [1.54, 1.807) is 19.0 Å². The lowest BCUT2D eigenvalue weighted by Gasteiger charge is -2.26. The molecule has 1 heterocycles. The Kier molecular flexibility index (Phi) is 3.50. The van der Waals surface area contributed by atoms with Crippen LogP contribution in [-0.2, 0) is 6.42 Å². The van der Waals surface area contributed by atoms with E-state index < -0.39 is 4.92 Å². The molecule has 2 rings (SSSR count). The lowest BCUT2D eigenvalue weighted by molar-refractivity contribution is -0.402. The van der Waals surface area contributed by atoms with Crippen LogP contribution in [0.4, 0.5) is 10.5 Å². The molecule has 0 radical (unpaired) electrons. The van der Waals surface area contributed by atoms with Crippen LogP contribution in [-0.4, -0.2) is 36.0 Å². The van der Waals surface area contributed by atoms with Crippen LogP contribution < -0.4 is 4.90 Å². The monoisotopic (exact) mass is 261 g/mol. The number of hydrogen-bond acceptors (Lipinski definition) is 3. The van der Waals surface area contributed by atoms with Gasteiger partial charge in [0.2, 0.25) is 6.20 Å². The van der Waals surface area contributed by atoms with E-state index in [1.807, 2.05) is 24.3 Å². The molecule has 6 nitrogen and oxygen atoms in total. The van der Waals surface area contributed by atoms with Gasteiger partial charge in [-0.1, -0.05) is 18.2 Å². The molecule has 0 saturated heterocycles. The van der Waals surface area contributed by atoms with E-state index in [0.717, 1.165) is 17.5 Å². The lowest BCUT2D eigenvalue weighted by atomic mass is 10.1. The van der Waals surface area contributed by atoms with Crippen LogP contribution in [0, 0.1) is 10.1 Å². The van der Waals surface area contributed by atoms with Crippen LogP contribution in [0.15, 0.2) is 36.5 Å². The van der Waals surface area contributed by atoms with Crippen molar-refractivity contribution < 1.29 is 9.72 Å². The molecule has 1 aromatic carbocycles. The Bertz CT molecular complexity index is 540. The molecule has 0 aliphatic carbocycles. The van der Waals surface area contributed by atoms with Crippen LogP contribution in [0.5, 0.6) is 0 Å². The summed E-state index contributed by atoms with van der Waals surface area (Å²) in [6, 6.07) is 7.06. The highest BCUT2D eigenvalue weighted by Crippen LogP contribution is 2.33. The number of nitro groups is 1. The van der Waals surface area contributed by atoms with E-state index in [2.05, 4.69) is 0 Å². The van der Waals surface area contributed by atoms with E-state index in [0.29, 0.717) is 6.42 Å². The summed E-state index contributed by atoms with van der Waals surface area (Å²) in [6.07, 6.45) is 2.95. The summed E-state index contributed by atoms with van der Waals surface area (Å²) in [5, 5.41) is 10.4. The standard InChI is InChI=1S/C13H15N3O3/c1-14(2)13(17)16-11(7-8-15(18)19)9-10-5-3-4-6-12(10)16/h3-8,11H,9H2,1-2H3/b8-7+. The van der Waals surface area contributed by atoms with Gasteiger partial charge in [-0.15, -0.1) is 0 Å². The van der Waals surface area contributed by atoms with Crippen LogP contribution in [0.3, 0.4) is 0 Å². The van der Waals surface area contributed by atoms with Crippen LogP contribution in [0.2, 0.25) is 0 Å². The Morgan fingerprint density at radius 1 is 1.47 bits per heavy atom. The second-order valence-electron chi connectivity index (χ2n) is 4.57. The maximum absolute atomic E-state index is 12.2. The third kappa shape index (κ3) is 2.57. The molecule has 0 aromatic heterocycles. The van der Waals surface area contributed by atoms with Crippen molar-refractivity contribution >= 4 is 11.7 Å². The fourth-order valence-corrected chi connectivity index (χ4v) is 2.20. The van der Waals surface area contributed by atoms with Crippen molar-refractivity contribution in [2.24, 2.45) is 0 Å². The number of benzene rings is 1. The van der Waals surface area contributed by atoms with E-state index in [4.69, 9.17) is 0 Å². The Morgan fingerprint density at radius 2 is 2.16 bits per heavy atom. The summed E-state index contributed by atoms with van der Waals surface area (Å²) < 4.78 is 0. The number of hydrogen-bond donors (Lipinski definition) is 0. The Morgan fingerprint density at radius 3 is 2.79 bits per heavy atom. The quantitative estimate of drug-likeness (QED) is 0.603. The third-order valence-electron chi connectivity index (χ3n) is 3.03. The van der Waals surface area contributed by atoms with Crippen LogP contribution in [0.25, 0.3) is 0 Å². The summed E-state index contributed by atoms with van der Waals surface area (Å²) >= 11 is 0. The molecule has 19 heavy (non-hydrogen) atoms. The molecule has 1 aliphatic rings. The largest absolute Gasteiger partial charge is 0.330 e. The van der Waals surface area contributed by atoms with Crippen molar-refractivity contribution in [1.82, 2.24) is 4.90 Å². The minimum absolute atomic E-state index is 0.178. The second-order valence-corrected chi connectivity index (χ2v) is 4.57. The predicted molar refractivity (Wildman–Crippen MR) is 71.6 cm³/mol. The fourth-order valence-electron chi connectivity index (χ4n) is 2.20. The summed E-state index contributed by atoms with van der Waals surface area (Å²) in [7, 11) is 3.33. The zero-order valence-electron chi connectivity index (χ0n) is 10.8. The van der Waals surface area contributed by atoms with Gasteiger partial charge >= 0.3 is 6.03 Å². The first-order valence-corrected chi connectivity index (χ1v) is 5.91. The highest BCUT2D eigenvalue weighted by Gasteiger charge is 2.33. The van der Waals surface area contributed by atoms with Gasteiger partial charge in [-0.2, -0.15) is 0 Å². The number of para-hydroxylation sites is 1. The first kappa shape index (κ1) is 13.1. The molecule has 0 bridgehead atoms. The number of nitrogens with zero attached hydrogens (tertiary/aromatic N) is 3. The maximum atomic E-state index is 12.2. The molecular weight excluding hydrogens is 246 g/mol. The van der Waals surface area contributed by atoms with Gasteiger partial charge in [0.15, 0.2) is 0 Å². The lowest BCUT2D eigenvalue weighted by Crippen LogP contribution is -2.43. The van der Waals surface area contributed by atoms with E-state index >= 15 is 0 Å². The Labute approximate surface area is 111 Å². The average molecular weight is 261 g/mol. The van der Waals surface area contributed by atoms with Gasteiger partial charge in [0.25, 0.3) is 0 Å². The Balaban J connectivity index is 2.36. The molecular formula is C13H15N3O3. The number of urea groups is 1. The summed E-state index contributed by atoms with van der Waals surface area (Å²) in [5.74, 6) is 0. The number of carbonyl (C=O) groups excluding carboxylic acids is 1. The number of rotatable bonds is 2. The number of carbonyl (C=O) groups is 1. The highest BCUT2D eigenvalue weighted by molar-refractivity contribution is 5.95. The number of amides is 2. The van der Waals surface area contributed by atoms with Crippen molar-refractivity contribution in [2.75, 3.05) is 19.0 Å². The van der Waals surface area contributed by atoms with Gasteiger partial charge in [0, 0.05) is 25.9 Å². The molecule has 1 unspecified atom stereocenters. The molecule has 0 fully saturated rings. The smallest absolute Gasteiger partial charge is 0.324 e. The van der Waals surface area contributed by atoms with Gasteiger partial charge < -0.3 is 4.90 Å². The topological polar surface area (TPSA) is 66.7 Å². The van der Waals surface area contributed by atoms with Crippen molar-refractivity contribution in [1.29, 1.82) is 0 Å². The van der Waals surface area contributed by atoms with E-state index in [1.165, 1.54) is 11.0 Å². The van der Waals surface area contributed by atoms with Crippen molar-refractivity contribution in [2.45, 2.75) is 12.5 Å². The summed E-state index contributed by atoms with van der Waals surface area (Å²) in [5.41, 5.74) is 1.84. The SMILES string of the molecule is CN(C)C(=O)N1c2ccccc2CC1/C=C/[N+](=O)[O-]. The van der Waals surface area contributed by atoms with Crippen molar-refractivity contribution in [3.63, 3.8) is 0 Å². The van der Waals surface area contributed by atoms with Gasteiger partial charge in [-0.05, 0) is 18.1 Å². The molecule has 0 spiro atoms. The zero-order valence-corrected chi connectivity index (χ0v) is 10.8. The fraction of sp³-hybridized carbons (Fsp3) is 0.308. The van der Waals surface area contributed by atoms with Gasteiger partial charge in [-0.3, -0.25) is 15.0 Å². The van der Waals surface area contributed by atoms with Gasteiger partial charge in [0.05, 0.1) is 11.0 Å². The second kappa shape index (κ2) is 5.09. The van der Waals surface area contributed by atoms with Crippen LogP contribution >= 0.6 is 0 Å². The van der Waals surface area contributed by atoms with Crippen LogP contribution in [0.1, 0.15) is 5.56 Å².